The van der Waals surface area contributed by atoms with Crippen LogP contribution in [0.5, 0.6) is 0 Å². The SMILES string of the molecule is CNCc1cc(Br)cnc1N1CCSCC1. The number of pyridine rings is 1. The number of thioether (sulfide) groups is 1. The first-order valence-electron chi connectivity index (χ1n) is 5.43. The summed E-state index contributed by atoms with van der Waals surface area (Å²) in [7, 11) is 1.97. The van der Waals surface area contributed by atoms with Crippen molar-refractivity contribution in [1.82, 2.24) is 10.3 Å². The van der Waals surface area contributed by atoms with Crippen LogP contribution in [0, 0.1) is 0 Å². The fourth-order valence-electron chi connectivity index (χ4n) is 1.85. The van der Waals surface area contributed by atoms with Crippen molar-refractivity contribution in [2.24, 2.45) is 0 Å². The van der Waals surface area contributed by atoms with Crippen LogP contribution >= 0.6 is 27.7 Å². The van der Waals surface area contributed by atoms with Gasteiger partial charge in [0.2, 0.25) is 0 Å². The van der Waals surface area contributed by atoms with Gasteiger partial charge in [0.05, 0.1) is 0 Å². The highest BCUT2D eigenvalue weighted by atomic mass is 79.9. The first kappa shape index (κ1) is 12.2. The first-order valence-corrected chi connectivity index (χ1v) is 7.38. The molecule has 16 heavy (non-hydrogen) atoms. The molecule has 3 nitrogen and oxygen atoms in total. The van der Waals surface area contributed by atoms with Gasteiger partial charge in [-0.3, -0.25) is 0 Å². The molecule has 0 saturated carbocycles. The predicted molar refractivity (Wildman–Crippen MR) is 74.2 cm³/mol. The lowest BCUT2D eigenvalue weighted by molar-refractivity contribution is 0.780. The maximum atomic E-state index is 4.55. The lowest BCUT2D eigenvalue weighted by Gasteiger charge is -2.29. The Hall–Kier alpha value is -0.260. The highest BCUT2D eigenvalue weighted by Gasteiger charge is 2.15. The summed E-state index contributed by atoms with van der Waals surface area (Å²) in [4.78, 5) is 6.93. The van der Waals surface area contributed by atoms with E-state index in [-0.39, 0.29) is 0 Å². The van der Waals surface area contributed by atoms with Gasteiger partial charge in [0.1, 0.15) is 5.82 Å². The average molecular weight is 302 g/mol. The molecule has 88 valence electrons. The Balaban J connectivity index is 2.23. The fourth-order valence-corrected chi connectivity index (χ4v) is 3.14. The van der Waals surface area contributed by atoms with Crippen LogP contribution in [-0.4, -0.2) is 36.6 Å². The number of nitrogens with zero attached hydrogens (tertiary/aromatic N) is 2. The molecule has 2 rings (SSSR count). The van der Waals surface area contributed by atoms with E-state index >= 15 is 0 Å². The van der Waals surface area contributed by atoms with Crippen LogP contribution in [0.2, 0.25) is 0 Å². The number of anilines is 1. The summed E-state index contributed by atoms with van der Waals surface area (Å²) in [6.07, 6.45) is 1.89. The molecule has 0 radical (unpaired) electrons. The van der Waals surface area contributed by atoms with Crippen LogP contribution in [0.25, 0.3) is 0 Å². The van der Waals surface area contributed by atoms with Crippen molar-refractivity contribution < 1.29 is 0 Å². The third kappa shape index (κ3) is 2.90. The topological polar surface area (TPSA) is 28.2 Å². The third-order valence-electron chi connectivity index (χ3n) is 2.59. The molecular weight excluding hydrogens is 286 g/mol. The molecule has 0 aliphatic carbocycles. The van der Waals surface area contributed by atoms with Crippen molar-refractivity contribution in [3.05, 3.63) is 22.3 Å². The molecule has 0 spiro atoms. The van der Waals surface area contributed by atoms with Crippen molar-refractivity contribution >= 4 is 33.5 Å². The summed E-state index contributed by atoms with van der Waals surface area (Å²) in [5, 5.41) is 3.20. The Morgan fingerprint density at radius 3 is 2.94 bits per heavy atom. The smallest absolute Gasteiger partial charge is 0.133 e. The molecule has 1 aromatic rings. The van der Waals surface area contributed by atoms with Crippen molar-refractivity contribution in [2.75, 3.05) is 36.5 Å². The molecule has 1 aliphatic rings. The molecule has 1 fully saturated rings. The monoisotopic (exact) mass is 301 g/mol. The second-order valence-electron chi connectivity index (χ2n) is 3.77. The number of aromatic nitrogens is 1. The van der Waals surface area contributed by atoms with Gasteiger partial charge in [0.25, 0.3) is 0 Å². The second kappa shape index (κ2) is 5.89. The number of nitrogens with one attached hydrogen (secondary N) is 1. The van der Waals surface area contributed by atoms with E-state index in [1.807, 2.05) is 25.0 Å². The van der Waals surface area contributed by atoms with Gasteiger partial charge in [0.15, 0.2) is 0 Å². The van der Waals surface area contributed by atoms with Gasteiger partial charge < -0.3 is 10.2 Å². The maximum Gasteiger partial charge on any atom is 0.133 e. The highest BCUT2D eigenvalue weighted by molar-refractivity contribution is 9.10. The van der Waals surface area contributed by atoms with E-state index in [0.29, 0.717) is 0 Å². The van der Waals surface area contributed by atoms with Crippen molar-refractivity contribution in [3.8, 4) is 0 Å². The zero-order valence-corrected chi connectivity index (χ0v) is 11.8. The van der Waals surface area contributed by atoms with E-state index in [0.717, 1.165) is 29.9 Å². The third-order valence-corrected chi connectivity index (χ3v) is 3.96. The minimum Gasteiger partial charge on any atom is -0.355 e. The summed E-state index contributed by atoms with van der Waals surface area (Å²) in [5.41, 5.74) is 1.27. The minimum atomic E-state index is 0.866. The van der Waals surface area contributed by atoms with Gasteiger partial charge in [-0.15, -0.1) is 0 Å². The molecule has 5 heteroatoms. The molecular formula is C11H16BrN3S. The Kier molecular flexibility index (Phi) is 4.49. The molecule has 0 aromatic carbocycles. The van der Waals surface area contributed by atoms with Crippen LogP contribution in [0.15, 0.2) is 16.7 Å². The Morgan fingerprint density at radius 1 is 1.50 bits per heavy atom. The van der Waals surface area contributed by atoms with Gasteiger partial charge in [-0.05, 0) is 29.0 Å². The van der Waals surface area contributed by atoms with Crippen molar-refractivity contribution in [2.45, 2.75) is 6.54 Å². The molecule has 0 unspecified atom stereocenters. The van der Waals surface area contributed by atoms with Gasteiger partial charge >= 0.3 is 0 Å². The summed E-state index contributed by atoms with van der Waals surface area (Å²) >= 11 is 5.50. The Bertz CT molecular complexity index is 353. The second-order valence-corrected chi connectivity index (χ2v) is 5.91. The van der Waals surface area contributed by atoms with Gasteiger partial charge in [0, 0.05) is 47.4 Å². The number of hydrogen-bond donors (Lipinski definition) is 1. The zero-order chi connectivity index (χ0) is 11.4. The molecule has 2 heterocycles. The van der Waals surface area contributed by atoms with E-state index in [1.54, 1.807) is 0 Å². The molecule has 0 atom stereocenters. The predicted octanol–water partition coefficient (Wildman–Crippen LogP) is 2.12. The highest BCUT2D eigenvalue weighted by Crippen LogP contribution is 2.24. The van der Waals surface area contributed by atoms with Crippen LogP contribution < -0.4 is 10.2 Å². The van der Waals surface area contributed by atoms with E-state index in [1.165, 1.54) is 17.1 Å². The Morgan fingerprint density at radius 2 is 2.25 bits per heavy atom. The van der Waals surface area contributed by atoms with E-state index in [9.17, 15) is 0 Å². The molecule has 0 amide bonds. The quantitative estimate of drug-likeness (QED) is 0.926. The van der Waals surface area contributed by atoms with Gasteiger partial charge in [-0.25, -0.2) is 4.98 Å². The van der Waals surface area contributed by atoms with Crippen LogP contribution in [0.4, 0.5) is 5.82 Å². The molecule has 1 aromatic heterocycles. The first-order chi connectivity index (χ1) is 7.81. The maximum absolute atomic E-state index is 4.55. The van der Waals surface area contributed by atoms with Crippen molar-refractivity contribution in [1.29, 1.82) is 0 Å². The summed E-state index contributed by atoms with van der Waals surface area (Å²) in [6, 6.07) is 2.15. The minimum absolute atomic E-state index is 0.866. The fraction of sp³-hybridized carbons (Fsp3) is 0.545. The number of rotatable bonds is 3. The molecule has 1 saturated heterocycles. The van der Waals surface area contributed by atoms with Crippen LogP contribution in [0.3, 0.4) is 0 Å². The molecule has 1 aliphatic heterocycles. The van der Waals surface area contributed by atoms with Crippen molar-refractivity contribution in [3.63, 3.8) is 0 Å². The normalized spacial score (nSPS) is 16.5. The number of hydrogen-bond acceptors (Lipinski definition) is 4. The molecule has 1 N–H and O–H groups in total. The largest absolute Gasteiger partial charge is 0.355 e. The van der Waals surface area contributed by atoms with E-state index < -0.39 is 0 Å². The average Bonchev–Trinajstić information content (AvgIpc) is 2.31. The van der Waals surface area contributed by atoms with E-state index in [2.05, 4.69) is 37.2 Å². The van der Waals surface area contributed by atoms with Crippen LogP contribution in [-0.2, 0) is 6.54 Å². The van der Waals surface area contributed by atoms with Gasteiger partial charge in [-0.2, -0.15) is 11.8 Å². The van der Waals surface area contributed by atoms with Crippen LogP contribution in [0.1, 0.15) is 5.56 Å². The summed E-state index contributed by atoms with van der Waals surface area (Å²) < 4.78 is 1.05. The molecule has 0 bridgehead atoms. The standard InChI is InChI=1S/C11H16BrN3S/c1-13-7-9-6-10(12)8-14-11(9)15-2-4-16-5-3-15/h6,8,13H,2-5,7H2,1H3. The Labute approximate surface area is 109 Å². The lowest BCUT2D eigenvalue weighted by atomic mass is 10.2. The summed E-state index contributed by atoms with van der Waals surface area (Å²) in [5.74, 6) is 3.55. The summed E-state index contributed by atoms with van der Waals surface area (Å²) in [6.45, 7) is 3.08. The zero-order valence-electron chi connectivity index (χ0n) is 9.37. The van der Waals surface area contributed by atoms with E-state index in [4.69, 9.17) is 0 Å². The van der Waals surface area contributed by atoms with Gasteiger partial charge in [-0.1, -0.05) is 0 Å². The lowest BCUT2D eigenvalue weighted by Crippen LogP contribution is -2.34. The number of halogens is 1.